The molecule has 0 radical (unpaired) electrons. The monoisotopic (exact) mass is 468 g/mol. The Balaban J connectivity index is 1.57. The Hall–Kier alpha value is -2.64. The van der Waals surface area contributed by atoms with E-state index in [9.17, 15) is 9.59 Å². The van der Waals surface area contributed by atoms with Crippen LogP contribution in [0.1, 0.15) is 36.8 Å². The van der Waals surface area contributed by atoms with E-state index in [2.05, 4.69) is 10.2 Å². The largest absolute Gasteiger partial charge is 0.328 e. The first-order chi connectivity index (χ1) is 15.4. The third-order valence-electron chi connectivity index (χ3n) is 6.07. The molecule has 32 heavy (non-hydrogen) atoms. The summed E-state index contributed by atoms with van der Waals surface area (Å²) in [6.45, 7) is 2.03. The number of halogens is 1. The Labute approximate surface area is 197 Å². The van der Waals surface area contributed by atoms with Crippen molar-refractivity contribution >= 4 is 35.1 Å². The van der Waals surface area contributed by atoms with Crippen LogP contribution >= 0.6 is 23.4 Å². The summed E-state index contributed by atoms with van der Waals surface area (Å²) in [5.74, 6) is 0.0322. The van der Waals surface area contributed by atoms with Crippen LogP contribution in [-0.4, -0.2) is 44.2 Å². The van der Waals surface area contributed by atoms with E-state index in [4.69, 9.17) is 11.6 Å². The summed E-state index contributed by atoms with van der Waals surface area (Å²) in [4.78, 5) is 28.1. The van der Waals surface area contributed by atoms with Crippen molar-refractivity contribution in [2.75, 3.05) is 12.8 Å². The molecule has 0 N–H and O–H groups in total. The predicted octanol–water partition coefficient (Wildman–Crippen LogP) is 4.82. The lowest BCUT2D eigenvalue weighted by molar-refractivity contribution is -0.146. The summed E-state index contributed by atoms with van der Waals surface area (Å²) in [5, 5.41) is 9.33. The fraction of sp³-hybridized carbons (Fsp3) is 0.333. The molecule has 1 aromatic heterocycles. The van der Waals surface area contributed by atoms with Crippen LogP contribution in [0.25, 0.3) is 5.69 Å². The number of Topliss-reactive ketones (excluding diaryl/α,β-unsaturated/α-hetero) is 1. The highest BCUT2D eigenvalue weighted by molar-refractivity contribution is 7.99. The summed E-state index contributed by atoms with van der Waals surface area (Å²) in [6, 6.07) is 15.3. The van der Waals surface area contributed by atoms with E-state index in [0.29, 0.717) is 28.6 Å². The molecule has 1 atom stereocenters. The molecule has 1 aliphatic rings. The second-order valence-electron chi connectivity index (χ2n) is 8.03. The summed E-state index contributed by atoms with van der Waals surface area (Å²) in [6.07, 6.45) is 4.35. The number of rotatable bonds is 6. The number of hydrogen-bond acceptors (Lipinski definition) is 5. The average molecular weight is 469 g/mol. The Kier molecular flexibility index (Phi) is 6.67. The van der Waals surface area contributed by atoms with Crippen LogP contribution < -0.4 is 0 Å². The molecule has 1 fully saturated rings. The minimum atomic E-state index is -1.03. The number of nitrogens with zero attached hydrogens (tertiary/aromatic N) is 4. The van der Waals surface area contributed by atoms with E-state index < -0.39 is 5.54 Å². The van der Waals surface area contributed by atoms with Gasteiger partial charge in [-0.2, -0.15) is 0 Å². The lowest BCUT2D eigenvalue weighted by Gasteiger charge is -2.44. The van der Waals surface area contributed by atoms with Crippen LogP contribution in [0, 0.1) is 6.92 Å². The molecular weight excluding hydrogens is 444 g/mol. The highest BCUT2D eigenvalue weighted by Crippen LogP contribution is 2.42. The number of aromatic nitrogens is 3. The molecule has 1 aliphatic carbocycles. The second kappa shape index (κ2) is 9.46. The molecule has 1 saturated carbocycles. The molecule has 2 aromatic carbocycles. The third kappa shape index (κ3) is 4.19. The van der Waals surface area contributed by atoms with Gasteiger partial charge >= 0.3 is 0 Å². The lowest BCUT2D eigenvalue weighted by Crippen LogP contribution is -2.54. The predicted molar refractivity (Wildman–Crippen MR) is 126 cm³/mol. The molecule has 1 heterocycles. The maximum atomic E-state index is 13.3. The standard InChI is InChI=1S/C24H25ClN4O2S/c1-17-10-12-18(13-11-17)29-16-26-27-23(29)32-15-22(31)28(2)24(14-6-5-9-21(24)30)19-7-3-4-8-20(19)25/h3-4,7-8,10-13,16H,5-6,9,14-15H2,1-2H3. The van der Waals surface area contributed by atoms with Gasteiger partial charge in [-0.25, -0.2) is 0 Å². The van der Waals surface area contributed by atoms with Gasteiger partial charge in [-0.05, 0) is 44.4 Å². The number of hydrogen-bond donors (Lipinski definition) is 0. The molecule has 0 saturated heterocycles. The van der Waals surface area contributed by atoms with Gasteiger partial charge < -0.3 is 4.90 Å². The minimum absolute atomic E-state index is 0.0422. The van der Waals surface area contributed by atoms with E-state index in [1.54, 1.807) is 24.3 Å². The van der Waals surface area contributed by atoms with Gasteiger partial charge in [0.05, 0.1) is 5.75 Å². The first-order valence-corrected chi connectivity index (χ1v) is 11.9. The Morgan fingerprint density at radius 2 is 1.94 bits per heavy atom. The summed E-state index contributed by atoms with van der Waals surface area (Å²) >= 11 is 7.81. The van der Waals surface area contributed by atoms with E-state index in [1.165, 1.54) is 11.8 Å². The molecule has 8 heteroatoms. The van der Waals surface area contributed by atoms with E-state index in [1.807, 2.05) is 54.0 Å². The van der Waals surface area contributed by atoms with Crippen LogP contribution in [0.4, 0.5) is 0 Å². The molecule has 0 aliphatic heterocycles. The Bertz CT molecular complexity index is 1130. The van der Waals surface area contributed by atoms with Crippen molar-refractivity contribution in [2.45, 2.75) is 43.3 Å². The van der Waals surface area contributed by atoms with Gasteiger partial charge in [0.15, 0.2) is 10.9 Å². The van der Waals surface area contributed by atoms with Crippen molar-refractivity contribution in [2.24, 2.45) is 0 Å². The van der Waals surface area contributed by atoms with E-state index in [0.717, 1.165) is 24.1 Å². The zero-order chi connectivity index (χ0) is 22.7. The number of thioether (sulfide) groups is 1. The van der Waals surface area contributed by atoms with Gasteiger partial charge in [-0.15, -0.1) is 10.2 Å². The number of benzene rings is 2. The van der Waals surface area contributed by atoms with Crippen LogP contribution in [-0.2, 0) is 15.1 Å². The minimum Gasteiger partial charge on any atom is -0.328 e. The molecule has 3 aromatic rings. The van der Waals surface area contributed by atoms with Gasteiger partial charge in [0.25, 0.3) is 0 Å². The number of amides is 1. The zero-order valence-corrected chi connectivity index (χ0v) is 19.7. The maximum Gasteiger partial charge on any atom is 0.233 e. The Morgan fingerprint density at radius 3 is 2.66 bits per heavy atom. The quantitative estimate of drug-likeness (QED) is 0.485. The van der Waals surface area contributed by atoms with Crippen molar-refractivity contribution < 1.29 is 9.59 Å². The normalized spacial score (nSPS) is 18.5. The smallest absolute Gasteiger partial charge is 0.233 e. The molecule has 4 rings (SSSR count). The molecule has 6 nitrogen and oxygen atoms in total. The summed E-state index contributed by atoms with van der Waals surface area (Å²) < 4.78 is 1.85. The number of aryl methyl sites for hydroxylation is 1. The fourth-order valence-electron chi connectivity index (χ4n) is 4.27. The van der Waals surface area contributed by atoms with Gasteiger partial charge in [-0.1, -0.05) is 59.3 Å². The number of likely N-dealkylation sites (N-methyl/N-ethyl adjacent to an activating group) is 1. The highest BCUT2D eigenvalue weighted by atomic mass is 35.5. The van der Waals surface area contributed by atoms with Gasteiger partial charge in [-0.3, -0.25) is 14.2 Å². The van der Waals surface area contributed by atoms with Gasteiger partial charge in [0.2, 0.25) is 5.91 Å². The van der Waals surface area contributed by atoms with Crippen LogP contribution in [0.5, 0.6) is 0 Å². The van der Waals surface area contributed by atoms with E-state index >= 15 is 0 Å². The van der Waals surface area contributed by atoms with Crippen molar-refractivity contribution in [3.63, 3.8) is 0 Å². The molecule has 0 bridgehead atoms. The number of carbonyl (C=O) groups is 2. The maximum absolute atomic E-state index is 13.3. The first kappa shape index (κ1) is 22.6. The molecule has 1 amide bonds. The summed E-state index contributed by atoms with van der Waals surface area (Å²) in [5.41, 5.74) is 1.77. The molecule has 0 spiro atoms. The first-order valence-electron chi connectivity index (χ1n) is 10.6. The van der Waals surface area contributed by atoms with Crippen LogP contribution in [0.2, 0.25) is 5.02 Å². The fourth-order valence-corrected chi connectivity index (χ4v) is 5.41. The van der Waals surface area contributed by atoms with Gasteiger partial charge in [0.1, 0.15) is 11.9 Å². The lowest BCUT2D eigenvalue weighted by atomic mass is 9.74. The third-order valence-corrected chi connectivity index (χ3v) is 7.33. The van der Waals surface area contributed by atoms with Crippen molar-refractivity contribution in [3.8, 4) is 5.69 Å². The van der Waals surface area contributed by atoms with Crippen molar-refractivity contribution in [1.29, 1.82) is 0 Å². The van der Waals surface area contributed by atoms with Crippen molar-refractivity contribution in [3.05, 3.63) is 71.0 Å². The van der Waals surface area contributed by atoms with Crippen molar-refractivity contribution in [1.82, 2.24) is 19.7 Å². The van der Waals surface area contributed by atoms with Crippen LogP contribution in [0.15, 0.2) is 60.0 Å². The average Bonchev–Trinajstić information content (AvgIpc) is 3.27. The Morgan fingerprint density at radius 1 is 1.19 bits per heavy atom. The topological polar surface area (TPSA) is 68.1 Å². The highest BCUT2D eigenvalue weighted by Gasteiger charge is 2.47. The zero-order valence-electron chi connectivity index (χ0n) is 18.1. The van der Waals surface area contributed by atoms with Crippen LogP contribution in [0.3, 0.4) is 0 Å². The van der Waals surface area contributed by atoms with Gasteiger partial charge in [0, 0.05) is 29.7 Å². The molecule has 1 unspecified atom stereocenters. The number of ketones is 1. The molecule has 166 valence electrons. The number of carbonyl (C=O) groups excluding carboxylic acids is 2. The van der Waals surface area contributed by atoms with E-state index in [-0.39, 0.29) is 17.4 Å². The molecular formula is C24H25ClN4O2S. The summed E-state index contributed by atoms with van der Waals surface area (Å²) in [7, 11) is 1.71. The SMILES string of the molecule is Cc1ccc(-n2cnnc2SCC(=O)N(C)C2(c3ccccc3Cl)CCCCC2=O)cc1. The second-order valence-corrected chi connectivity index (χ2v) is 9.38.